The van der Waals surface area contributed by atoms with Crippen molar-refractivity contribution in [3.8, 4) is 11.5 Å². The Morgan fingerprint density at radius 1 is 1.00 bits per heavy atom. The molecule has 0 radical (unpaired) electrons. The molecule has 0 aromatic heterocycles. The number of nitrogens with zero attached hydrogens (tertiary/aromatic N) is 2. The Balaban J connectivity index is 1.42. The van der Waals surface area contributed by atoms with Gasteiger partial charge in [0.1, 0.15) is 6.61 Å². The van der Waals surface area contributed by atoms with E-state index in [1.807, 2.05) is 90.7 Å². The number of carbonyl (C=O) groups is 1. The zero-order chi connectivity index (χ0) is 27.2. The number of carbonyl (C=O) groups excluding carboxylic acids is 1. The third kappa shape index (κ3) is 6.76. The highest BCUT2D eigenvalue weighted by atomic mass is 79.9. The SMILES string of the molecule is CCOc1cc(/C=C2\SC(=Nc3ccccc3)N([C@@H]3CCCC[C@H]3C)C2=O)ccc1OCc1ccc(Br)cc1. The molecule has 0 spiro atoms. The fraction of sp³-hybridized carbons (Fsp3) is 0.312. The van der Waals surface area contributed by atoms with Gasteiger partial charge in [-0.05, 0) is 91.0 Å². The minimum absolute atomic E-state index is 0.0296. The lowest BCUT2D eigenvalue weighted by atomic mass is 9.85. The van der Waals surface area contributed by atoms with Crippen molar-refractivity contribution in [2.75, 3.05) is 6.61 Å². The number of hydrogen-bond acceptors (Lipinski definition) is 5. The zero-order valence-electron chi connectivity index (χ0n) is 22.3. The number of benzene rings is 3. The van der Waals surface area contributed by atoms with Gasteiger partial charge < -0.3 is 9.47 Å². The van der Waals surface area contributed by atoms with Crippen LogP contribution >= 0.6 is 27.7 Å². The molecule has 3 aromatic carbocycles. The Bertz CT molecular complexity index is 1360. The average Bonchev–Trinajstić information content (AvgIpc) is 3.24. The Kier molecular flexibility index (Phi) is 9.09. The molecular weight excluding hydrogens is 572 g/mol. The van der Waals surface area contributed by atoms with Gasteiger partial charge in [-0.15, -0.1) is 0 Å². The fourth-order valence-corrected chi connectivity index (χ4v) is 6.35. The number of aliphatic imine (C=N–C) groups is 1. The van der Waals surface area contributed by atoms with Crippen LogP contribution in [-0.2, 0) is 11.4 Å². The van der Waals surface area contributed by atoms with Crippen molar-refractivity contribution < 1.29 is 14.3 Å². The molecule has 5 nitrogen and oxygen atoms in total. The highest BCUT2D eigenvalue weighted by Crippen LogP contribution is 2.40. The lowest BCUT2D eigenvalue weighted by Gasteiger charge is -2.35. The third-order valence-electron chi connectivity index (χ3n) is 7.09. The lowest BCUT2D eigenvalue weighted by Crippen LogP contribution is -2.44. The van der Waals surface area contributed by atoms with Crippen LogP contribution in [0.5, 0.6) is 11.5 Å². The summed E-state index contributed by atoms with van der Waals surface area (Å²) < 4.78 is 13.0. The van der Waals surface area contributed by atoms with E-state index in [2.05, 4.69) is 22.9 Å². The zero-order valence-corrected chi connectivity index (χ0v) is 24.7. The summed E-state index contributed by atoms with van der Waals surface area (Å²) in [4.78, 5) is 21.3. The first kappa shape index (κ1) is 27.5. The second kappa shape index (κ2) is 12.9. The molecule has 39 heavy (non-hydrogen) atoms. The highest BCUT2D eigenvalue weighted by Gasteiger charge is 2.41. The minimum Gasteiger partial charge on any atom is -0.490 e. The number of thioether (sulfide) groups is 1. The van der Waals surface area contributed by atoms with Gasteiger partial charge in [0.2, 0.25) is 0 Å². The van der Waals surface area contributed by atoms with Gasteiger partial charge in [-0.3, -0.25) is 9.69 Å². The second-order valence-corrected chi connectivity index (χ2v) is 11.8. The Labute approximate surface area is 243 Å². The maximum atomic E-state index is 13.8. The first-order valence-corrected chi connectivity index (χ1v) is 15.1. The van der Waals surface area contributed by atoms with Crippen LogP contribution < -0.4 is 9.47 Å². The Morgan fingerprint density at radius 2 is 1.77 bits per heavy atom. The molecule has 1 saturated heterocycles. The molecule has 3 aromatic rings. The molecule has 1 aliphatic carbocycles. The monoisotopic (exact) mass is 604 g/mol. The number of ether oxygens (including phenoxy) is 2. The van der Waals surface area contributed by atoms with Crippen molar-refractivity contribution in [3.63, 3.8) is 0 Å². The van der Waals surface area contributed by atoms with E-state index in [9.17, 15) is 4.79 Å². The van der Waals surface area contributed by atoms with E-state index in [4.69, 9.17) is 14.5 Å². The van der Waals surface area contributed by atoms with Gasteiger partial charge in [0, 0.05) is 10.5 Å². The summed E-state index contributed by atoms with van der Waals surface area (Å²) in [7, 11) is 0. The van der Waals surface area contributed by atoms with Crippen molar-refractivity contribution in [3.05, 3.63) is 93.3 Å². The van der Waals surface area contributed by atoms with E-state index < -0.39 is 0 Å². The number of rotatable bonds is 8. The van der Waals surface area contributed by atoms with Crippen molar-refractivity contribution in [2.45, 2.75) is 52.2 Å². The predicted molar refractivity (Wildman–Crippen MR) is 163 cm³/mol. The summed E-state index contributed by atoms with van der Waals surface area (Å²) in [6.45, 7) is 5.17. The van der Waals surface area contributed by atoms with Crippen LogP contribution in [0.4, 0.5) is 5.69 Å². The summed E-state index contributed by atoms with van der Waals surface area (Å²) in [5.74, 6) is 1.81. The smallest absolute Gasteiger partial charge is 0.267 e. The number of amides is 1. The molecule has 2 aliphatic rings. The molecule has 1 saturated carbocycles. The molecule has 202 valence electrons. The molecule has 7 heteroatoms. The van der Waals surface area contributed by atoms with Gasteiger partial charge in [-0.1, -0.05) is 72.1 Å². The van der Waals surface area contributed by atoms with E-state index >= 15 is 0 Å². The maximum absolute atomic E-state index is 13.8. The maximum Gasteiger partial charge on any atom is 0.267 e. The summed E-state index contributed by atoms with van der Waals surface area (Å²) >= 11 is 4.92. The standard InChI is InChI=1S/C32H33BrN2O3S/c1-3-37-29-19-24(15-18-28(29)38-21-23-13-16-25(33)17-14-23)20-30-31(36)35(27-12-8-7-9-22(27)2)32(39-30)34-26-10-5-4-6-11-26/h4-6,10-11,13-20,22,27H,3,7-9,12,21H2,1-2H3/b30-20-,34-32?/t22-,27-/m1/s1. The summed E-state index contributed by atoms with van der Waals surface area (Å²) in [6, 6.07) is 23.9. The van der Waals surface area contributed by atoms with E-state index in [1.54, 1.807) is 0 Å². The molecule has 1 amide bonds. The molecular formula is C32H33BrN2O3S. The molecule has 0 bridgehead atoms. The average molecular weight is 606 g/mol. The normalized spacial score (nSPS) is 21.5. The van der Waals surface area contributed by atoms with Crippen LogP contribution in [0.3, 0.4) is 0 Å². The van der Waals surface area contributed by atoms with Crippen LogP contribution in [0.25, 0.3) is 6.08 Å². The van der Waals surface area contributed by atoms with Crippen molar-refractivity contribution >= 4 is 50.5 Å². The number of amidine groups is 1. The predicted octanol–water partition coefficient (Wildman–Crippen LogP) is 8.61. The van der Waals surface area contributed by atoms with Crippen molar-refractivity contribution in [2.24, 2.45) is 10.9 Å². The molecule has 0 N–H and O–H groups in total. The number of para-hydroxylation sites is 1. The van der Waals surface area contributed by atoms with Crippen LogP contribution in [0.15, 0.2) is 87.2 Å². The quantitative estimate of drug-likeness (QED) is 0.241. The number of halogens is 1. The van der Waals surface area contributed by atoms with E-state index in [-0.39, 0.29) is 11.9 Å². The molecule has 1 aliphatic heterocycles. The second-order valence-electron chi connectivity index (χ2n) is 9.90. The van der Waals surface area contributed by atoms with Gasteiger partial charge in [0.25, 0.3) is 5.91 Å². The Morgan fingerprint density at radius 3 is 2.51 bits per heavy atom. The van der Waals surface area contributed by atoms with Crippen LogP contribution in [0.1, 0.15) is 50.7 Å². The summed E-state index contributed by atoms with van der Waals surface area (Å²) in [5.41, 5.74) is 2.82. The van der Waals surface area contributed by atoms with E-state index in [0.29, 0.717) is 35.5 Å². The van der Waals surface area contributed by atoms with E-state index in [0.717, 1.165) is 45.7 Å². The molecule has 2 atom stereocenters. The van der Waals surface area contributed by atoms with Crippen LogP contribution in [0, 0.1) is 5.92 Å². The van der Waals surface area contributed by atoms with Gasteiger partial charge >= 0.3 is 0 Å². The first-order chi connectivity index (χ1) is 19.0. The van der Waals surface area contributed by atoms with Gasteiger partial charge in [-0.2, -0.15) is 0 Å². The summed E-state index contributed by atoms with van der Waals surface area (Å²) in [6.07, 6.45) is 6.45. The molecule has 1 heterocycles. The van der Waals surface area contributed by atoms with Gasteiger partial charge in [0.05, 0.1) is 17.2 Å². The largest absolute Gasteiger partial charge is 0.490 e. The third-order valence-corrected chi connectivity index (χ3v) is 8.60. The molecule has 2 fully saturated rings. The van der Waals surface area contributed by atoms with Crippen molar-refractivity contribution in [1.82, 2.24) is 4.90 Å². The van der Waals surface area contributed by atoms with Gasteiger partial charge in [0.15, 0.2) is 16.7 Å². The highest BCUT2D eigenvalue weighted by molar-refractivity contribution is 9.10. The van der Waals surface area contributed by atoms with Crippen LogP contribution in [-0.4, -0.2) is 28.6 Å². The van der Waals surface area contributed by atoms with Crippen LogP contribution in [0.2, 0.25) is 0 Å². The topological polar surface area (TPSA) is 51.1 Å². The Hall–Kier alpha value is -3.03. The van der Waals surface area contributed by atoms with Gasteiger partial charge in [-0.25, -0.2) is 4.99 Å². The number of hydrogen-bond donors (Lipinski definition) is 0. The minimum atomic E-state index is 0.0296. The molecule has 5 rings (SSSR count). The first-order valence-electron chi connectivity index (χ1n) is 13.5. The molecule has 0 unspecified atom stereocenters. The lowest BCUT2D eigenvalue weighted by molar-refractivity contribution is -0.124. The van der Waals surface area contributed by atoms with E-state index in [1.165, 1.54) is 18.2 Å². The fourth-order valence-electron chi connectivity index (χ4n) is 5.05. The summed E-state index contributed by atoms with van der Waals surface area (Å²) in [5, 5.41) is 0.760. The van der Waals surface area contributed by atoms with Crippen molar-refractivity contribution in [1.29, 1.82) is 0 Å².